The number of benzene rings is 1. The van der Waals surface area contributed by atoms with Crippen molar-refractivity contribution in [3.05, 3.63) is 51.7 Å². The van der Waals surface area contributed by atoms with Crippen LogP contribution < -0.4 is 5.32 Å². The minimum absolute atomic E-state index is 0.0639. The van der Waals surface area contributed by atoms with Gasteiger partial charge in [-0.3, -0.25) is 0 Å². The van der Waals surface area contributed by atoms with Crippen LogP contribution in [-0.4, -0.2) is 0 Å². The molecule has 0 saturated heterocycles. The van der Waals surface area contributed by atoms with Crippen molar-refractivity contribution in [1.29, 1.82) is 0 Å². The van der Waals surface area contributed by atoms with E-state index < -0.39 is 0 Å². The third-order valence-corrected chi connectivity index (χ3v) is 3.17. The summed E-state index contributed by atoms with van der Waals surface area (Å²) in [5, 5.41) is 3.27. The molecule has 1 heterocycles. The minimum atomic E-state index is -0.222. The highest BCUT2D eigenvalue weighted by molar-refractivity contribution is 14.1. The molecule has 0 spiro atoms. The predicted octanol–water partition coefficient (Wildman–Crippen LogP) is 4.20. The fourth-order valence-electron chi connectivity index (χ4n) is 1.45. The van der Waals surface area contributed by atoms with Gasteiger partial charge in [0.05, 0.1) is 12.3 Å². The summed E-state index contributed by atoms with van der Waals surface area (Å²) in [6.45, 7) is 2.00. The van der Waals surface area contributed by atoms with Crippen LogP contribution in [0.4, 0.5) is 10.1 Å². The number of anilines is 1. The van der Waals surface area contributed by atoms with Crippen LogP contribution in [0.2, 0.25) is 0 Å². The van der Waals surface area contributed by atoms with Crippen LogP contribution in [0.25, 0.3) is 0 Å². The average molecular weight is 331 g/mol. The lowest BCUT2D eigenvalue weighted by Crippen LogP contribution is -2.06. The molecule has 1 unspecified atom stereocenters. The van der Waals surface area contributed by atoms with Gasteiger partial charge < -0.3 is 9.73 Å². The summed E-state index contributed by atoms with van der Waals surface area (Å²) in [4.78, 5) is 0. The Kier molecular flexibility index (Phi) is 3.48. The molecule has 1 N–H and O–H groups in total. The first-order chi connectivity index (χ1) is 7.66. The van der Waals surface area contributed by atoms with Crippen LogP contribution in [0.3, 0.4) is 0 Å². The van der Waals surface area contributed by atoms with Crippen LogP contribution in [0.15, 0.2) is 41.0 Å². The van der Waals surface area contributed by atoms with E-state index in [9.17, 15) is 4.39 Å². The van der Waals surface area contributed by atoms with E-state index in [4.69, 9.17) is 4.42 Å². The largest absolute Gasteiger partial charge is 0.467 e. The maximum absolute atomic E-state index is 12.9. The molecule has 1 atom stereocenters. The van der Waals surface area contributed by atoms with E-state index in [-0.39, 0.29) is 11.9 Å². The third kappa shape index (κ3) is 2.55. The number of hydrogen-bond acceptors (Lipinski definition) is 2. The minimum Gasteiger partial charge on any atom is -0.467 e. The summed E-state index contributed by atoms with van der Waals surface area (Å²) in [6.07, 6.45) is 1.64. The monoisotopic (exact) mass is 331 g/mol. The van der Waals surface area contributed by atoms with Crippen molar-refractivity contribution in [3.8, 4) is 0 Å². The van der Waals surface area contributed by atoms with E-state index in [0.29, 0.717) is 0 Å². The highest BCUT2D eigenvalue weighted by atomic mass is 127. The number of rotatable bonds is 3. The van der Waals surface area contributed by atoms with Gasteiger partial charge in [0.15, 0.2) is 0 Å². The lowest BCUT2D eigenvalue weighted by Gasteiger charge is -2.14. The Morgan fingerprint density at radius 3 is 2.81 bits per heavy atom. The van der Waals surface area contributed by atoms with Crippen LogP contribution >= 0.6 is 22.6 Å². The second-order valence-corrected chi connectivity index (χ2v) is 4.67. The molecule has 2 aromatic rings. The Bertz CT molecular complexity index is 470. The smallest absolute Gasteiger partial charge is 0.125 e. The van der Waals surface area contributed by atoms with Crippen LogP contribution in [0, 0.1) is 9.39 Å². The van der Waals surface area contributed by atoms with Gasteiger partial charge in [-0.25, -0.2) is 4.39 Å². The van der Waals surface area contributed by atoms with Crippen molar-refractivity contribution in [2.24, 2.45) is 0 Å². The summed E-state index contributed by atoms with van der Waals surface area (Å²) < 4.78 is 19.1. The molecule has 0 fully saturated rings. The number of hydrogen-bond donors (Lipinski definition) is 1. The lowest BCUT2D eigenvalue weighted by atomic mass is 10.2. The van der Waals surface area contributed by atoms with E-state index in [1.54, 1.807) is 12.3 Å². The molecule has 0 saturated carbocycles. The molecular weight excluding hydrogens is 320 g/mol. The van der Waals surface area contributed by atoms with Gasteiger partial charge in [-0.2, -0.15) is 0 Å². The molecule has 0 aliphatic carbocycles. The van der Waals surface area contributed by atoms with E-state index in [0.717, 1.165) is 15.0 Å². The number of furan rings is 1. The molecular formula is C12H11FINO. The zero-order chi connectivity index (χ0) is 11.5. The van der Waals surface area contributed by atoms with E-state index >= 15 is 0 Å². The topological polar surface area (TPSA) is 25.2 Å². The molecule has 0 aliphatic heterocycles. The van der Waals surface area contributed by atoms with Crippen molar-refractivity contribution in [3.63, 3.8) is 0 Å². The van der Waals surface area contributed by atoms with Gasteiger partial charge in [0, 0.05) is 9.26 Å². The highest BCUT2D eigenvalue weighted by Crippen LogP contribution is 2.24. The molecule has 0 aliphatic rings. The summed E-state index contributed by atoms with van der Waals surface area (Å²) in [7, 11) is 0. The second kappa shape index (κ2) is 4.86. The average Bonchev–Trinajstić information content (AvgIpc) is 2.75. The van der Waals surface area contributed by atoms with Gasteiger partial charge in [0.1, 0.15) is 11.6 Å². The molecule has 2 rings (SSSR count). The third-order valence-electron chi connectivity index (χ3n) is 2.27. The first-order valence-corrected chi connectivity index (χ1v) is 5.99. The Morgan fingerprint density at radius 1 is 1.38 bits per heavy atom. The summed E-state index contributed by atoms with van der Waals surface area (Å²) in [6, 6.07) is 8.50. The SMILES string of the molecule is CC(Nc1ccc(F)cc1I)c1ccco1. The van der Waals surface area contributed by atoms with Crippen LogP contribution in [-0.2, 0) is 0 Å². The summed E-state index contributed by atoms with van der Waals surface area (Å²) in [5.74, 6) is 0.640. The molecule has 4 heteroatoms. The number of halogens is 2. The van der Waals surface area contributed by atoms with E-state index in [1.807, 2.05) is 19.1 Å². The zero-order valence-electron chi connectivity index (χ0n) is 8.71. The first kappa shape index (κ1) is 11.4. The van der Waals surface area contributed by atoms with Crippen LogP contribution in [0.5, 0.6) is 0 Å². The Morgan fingerprint density at radius 2 is 2.19 bits per heavy atom. The van der Waals surface area contributed by atoms with Gasteiger partial charge in [0.25, 0.3) is 0 Å². The number of nitrogens with one attached hydrogen (secondary N) is 1. The molecule has 1 aromatic carbocycles. The molecule has 0 bridgehead atoms. The van der Waals surface area contributed by atoms with Gasteiger partial charge in [-0.05, 0) is 59.8 Å². The van der Waals surface area contributed by atoms with Gasteiger partial charge in [0.2, 0.25) is 0 Å². The van der Waals surface area contributed by atoms with Gasteiger partial charge >= 0.3 is 0 Å². The fraction of sp³-hybridized carbons (Fsp3) is 0.167. The summed E-state index contributed by atoms with van der Waals surface area (Å²) in [5.41, 5.74) is 0.908. The quantitative estimate of drug-likeness (QED) is 0.853. The van der Waals surface area contributed by atoms with Crippen molar-refractivity contribution in [2.45, 2.75) is 13.0 Å². The second-order valence-electron chi connectivity index (χ2n) is 3.51. The molecule has 1 aromatic heterocycles. The molecule has 0 radical (unpaired) electrons. The first-order valence-electron chi connectivity index (χ1n) is 4.92. The Balaban J connectivity index is 2.15. The maximum atomic E-state index is 12.9. The molecule has 2 nitrogen and oxygen atoms in total. The van der Waals surface area contributed by atoms with Crippen LogP contribution in [0.1, 0.15) is 18.7 Å². The Hall–Kier alpha value is -1.04. The van der Waals surface area contributed by atoms with Crippen molar-refractivity contribution < 1.29 is 8.81 Å². The molecule has 0 amide bonds. The van der Waals surface area contributed by atoms with Gasteiger partial charge in [-0.1, -0.05) is 0 Å². The molecule has 16 heavy (non-hydrogen) atoms. The summed E-state index contributed by atoms with van der Waals surface area (Å²) >= 11 is 2.10. The van der Waals surface area contributed by atoms with Crippen molar-refractivity contribution in [2.75, 3.05) is 5.32 Å². The Labute approximate surface area is 107 Å². The van der Waals surface area contributed by atoms with Gasteiger partial charge in [-0.15, -0.1) is 0 Å². The highest BCUT2D eigenvalue weighted by Gasteiger charge is 2.09. The predicted molar refractivity (Wildman–Crippen MR) is 69.9 cm³/mol. The molecule has 84 valence electrons. The van der Waals surface area contributed by atoms with Crippen molar-refractivity contribution >= 4 is 28.3 Å². The standard InChI is InChI=1S/C12H11FINO/c1-8(12-3-2-6-16-12)15-11-5-4-9(13)7-10(11)14/h2-8,15H,1H3. The normalized spacial score (nSPS) is 12.4. The zero-order valence-corrected chi connectivity index (χ0v) is 10.9. The van der Waals surface area contributed by atoms with Crippen molar-refractivity contribution in [1.82, 2.24) is 0 Å². The maximum Gasteiger partial charge on any atom is 0.125 e. The van der Waals surface area contributed by atoms with E-state index in [1.165, 1.54) is 12.1 Å². The van der Waals surface area contributed by atoms with E-state index in [2.05, 4.69) is 27.9 Å². The lowest BCUT2D eigenvalue weighted by molar-refractivity contribution is 0.490. The fourth-order valence-corrected chi connectivity index (χ4v) is 2.08.